The molecule has 19 heavy (non-hydrogen) atoms. The van der Waals surface area contributed by atoms with Crippen molar-refractivity contribution in [1.29, 1.82) is 0 Å². The monoisotopic (exact) mass is 287 g/mol. The SMILES string of the molecule is Cc1cc([N+](=O)[O-])c(S(=O)(=O)NCCCN)cc1C. The average molecular weight is 287 g/mol. The molecule has 0 radical (unpaired) electrons. The van der Waals surface area contributed by atoms with Gasteiger partial charge in [-0.25, -0.2) is 13.1 Å². The second-order valence-electron chi connectivity index (χ2n) is 4.20. The molecule has 0 aliphatic carbocycles. The van der Waals surface area contributed by atoms with Crippen LogP contribution >= 0.6 is 0 Å². The van der Waals surface area contributed by atoms with Crippen molar-refractivity contribution in [2.75, 3.05) is 13.1 Å². The standard InChI is InChI=1S/C11H17N3O4S/c1-8-6-10(14(15)16)11(7-9(8)2)19(17,18)13-5-3-4-12/h6-7,13H,3-5,12H2,1-2H3. The highest BCUT2D eigenvalue weighted by molar-refractivity contribution is 7.89. The summed E-state index contributed by atoms with van der Waals surface area (Å²) in [6.07, 6.45) is 0.470. The lowest BCUT2D eigenvalue weighted by molar-refractivity contribution is -0.387. The van der Waals surface area contributed by atoms with Crippen LogP contribution in [0, 0.1) is 24.0 Å². The topological polar surface area (TPSA) is 115 Å². The van der Waals surface area contributed by atoms with Crippen molar-refractivity contribution in [3.63, 3.8) is 0 Å². The van der Waals surface area contributed by atoms with Gasteiger partial charge in [0.2, 0.25) is 10.0 Å². The van der Waals surface area contributed by atoms with Gasteiger partial charge in [0.25, 0.3) is 5.69 Å². The number of hydrogen-bond acceptors (Lipinski definition) is 5. The Balaban J connectivity index is 3.25. The molecule has 0 atom stereocenters. The summed E-state index contributed by atoms with van der Waals surface area (Å²) in [5.74, 6) is 0. The summed E-state index contributed by atoms with van der Waals surface area (Å²) in [5, 5.41) is 11.0. The minimum absolute atomic E-state index is 0.156. The number of aryl methyl sites for hydroxylation is 2. The van der Waals surface area contributed by atoms with Gasteiger partial charge in [0.1, 0.15) is 0 Å². The average Bonchev–Trinajstić information content (AvgIpc) is 2.31. The van der Waals surface area contributed by atoms with Gasteiger partial charge in [-0.15, -0.1) is 0 Å². The minimum Gasteiger partial charge on any atom is -0.330 e. The van der Waals surface area contributed by atoms with Crippen molar-refractivity contribution in [1.82, 2.24) is 4.72 Å². The molecule has 0 fully saturated rings. The Kier molecular flexibility index (Phi) is 4.98. The number of nitrogens with one attached hydrogen (secondary N) is 1. The molecule has 8 heteroatoms. The van der Waals surface area contributed by atoms with E-state index in [4.69, 9.17) is 5.73 Å². The zero-order chi connectivity index (χ0) is 14.6. The summed E-state index contributed by atoms with van der Waals surface area (Å²) in [7, 11) is -3.89. The van der Waals surface area contributed by atoms with Gasteiger partial charge >= 0.3 is 0 Å². The highest BCUT2D eigenvalue weighted by Gasteiger charge is 2.26. The zero-order valence-corrected chi connectivity index (χ0v) is 11.7. The third-order valence-electron chi connectivity index (χ3n) is 2.73. The Labute approximate surface area is 112 Å². The van der Waals surface area contributed by atoms with Gasteiger partial charge in [0.05, 0.1) is 4.92 Å². The fourth-order valence-electron chi connectivity index (χ4n) is 1.52. The van der Waals surface area contributed by atoms with Gasteiger partial charge in [0, 0.05) is 12.6 Å². The first-order valence-corrected chi connectivity index (χ1v) is 7.23. The Morgan fingerprint density at radius 3 is 2.42 bits per heavy atom. The summed E-state index contributed by atoms with van der Waals surface area (Å²) in [6.45, 7) is 3.90. The summed E-state index contributed by atoms with van der Waals surface area (Å²) in [5.41, 5.74) is 6.22. The molecule has 0 heterocycles. The molecule has 0 unspecified atom stereocenters. The lowest BCUT2D eigenvalue weighted by Gasteiger charge is -2.09. The normalized spacial score (nSPS) is 11.5. The lowest BCUT2D eigenvalue weighted by atomic mass is 10.1. The van der Waals surface area contributed by atoms with E-state index in [9.17, 15) is 18.5 Å². The van der Waals surface area contributed by atoms with Crippen LogP contribution in [0.5, 0.6) is 0 Å². The van der Waals surface area contributed by atoms with E-state index in [0.717, 1.165) is 0 Å². The van der Waals surface area contributed by atoms with Crippen LogP contribution in [-0.4, -0.2) is 26.4 Å². The lowest BCUT2D eigenvalue weighted by Crippen LogP contribution is -2.27. The maximum absolute atomic E-state index is 12.0. The molecule has 7 nitrogen and oxygen atoms in total. The van der Waals surface area contributed by atoms with Gasteiger partial charge < -0.3 is 5.73 Å². The van der Waals surface area contributed by atoms with Crippen molar-refractivity contribution < 1.29 is 13.3 Å². The van der Waals surface area contributed by atoms with E-state index in [1.54, 1.807) is 13.8 Å². The van der Waals surface area contributed by atoms with Crippen molar-refractivity contribution in [3.05, 3.63) is 33.4 Å². The number of hydrogen-bond donors (Lipinski definition) is 2. The molecule has 0 aliphatic rings. The molecule has 1 aromatic rings. The number of nitro benzene ring substituents is 1. The molecule has 1 rings (SSSR count). The molecule has 0 saturated carbocycles. The van der Waals surface area contributed by atoms with E-state index in [1.807, 2.05) is 0 Å². The maximum atomic E-state index is 12.0. The van der Waals surface area contributed by atoms with Crippen molar-refractivity contribution in [2.24, 2.45) is 5.73 Å². The van der Waals surface area contributed by atoms with E-state index >= 15 is 0 Å². The van der Waals surface area contributed by atoms with E-state index in [1.165, 1.54) is 12.1 Å². The predicted octanol–water partition coefficient (Wildman–Crippen LogP) is 0.839. The largest absolute Gasteiger partial charge is 0.330 e. The molecular weight excluding hydrogens is 270 g/mol. The van der Waals surface area contributed by atoms with Crippen LogP contribution < -0.4 is 10.5 Å². The Morgan fingerprint density at radius 1 is 1.32 bits per heavy atom. The molecule has 3 N–H and O–H groups in total. The van der Waals surface area contributed by atoms with Crippen LogP contribution in [0.3, 0.4) is 0 Å². The van der Waals surface area contributed by atoms with E-state index < -0.39 is 20.6 Å². The number of nitrogens with two attached hydrogens (primary N) is 1. The fraction of sp³-hybridized carbons (Fsp3) is 0.455. The van der Waals surface area contributed by atoms with Gasteiger partial charge in [-0.1, -0.05) is 0 Å². The van der Waals surface area contributed by atoms with Gasteiger partial charge in [0.15, 0.2) is 4.90 Å². The number of rotatable bonds is 6. The predicted molar refractivity (Wildman–Crippen MR) is 71.4 cm³/mol. The van der Waals surface area contributed by atoms with Crippen LogP contribution in [0.25, 0.3) is 0 Å². The van der Waals surface area contributed by atoms with Crippen LogP contribution in [0.2, 0.25) is 0 Å². The van der Waals surface area contributed by atoms with Crippen molar-refractivity contribution >= 4 is 15.7 Å². The molecule has 0 saturated heterocycles. The van der Waals surface area contributed by atoms with Crippen LogP contribution in [-0.2, 0) is 10.0 Å². The summed E-state index contributed by atoms with van der Waals surface area (Å²) in [4.78, 5) is 9.96. The van der Waals surface area contributed by atoms with E-state index in [-0.39, 0.29) is 11.4 Å². The molecule has 0 amide bonds. The quantitative estimate of drug-likeness (QED) is 0.457. The number of benzene rings is 1. The van der Waals surface area contributed by atoms with Crippen LogP contribution in [0.4, 0.5) is 5.69 Å². The first-order valence-electron chi connectivity index (χ1n) is 5.75. The van der Waals surface area contributed by atoms with E-state index in [2.05, 4.69) is 4.72 Å². The minimum atomic E-state index is -3.89. The molecule has 0 bridgehead atoms. The zero-order valence-electron chi connectivity index (χ0n) is 10.8. The van der Waals surface area contributed by atoms with Gasteiger partial charge in [-0.05, 0) is 44.0 Å². The Morgan fingerprint density at radius 2 is 1.89 bits per heavy atom. The van der Waals surface area contributed by atoms with Crippen molar-refractivity contribution in [3.8, 4) is 0 Å². The second-order valence-corrected chi connectivity index (χ2v) is 5.94. The van der Waals surface area contributed by atoms with E-state index in [0.29, 0.717) is 24.1 Å². The Bertz CT molecular complexity index is 584. The van der Waals surface area contributed by atoms with Gasteiger partial charge in [-0.3, -0.25) is 10.1 Å². The third-order valence-corrected chi connectivity index (χ3v) is 4.22. The number of nitrogens with zero attached hydrogens (tertiary/aromatic N) is 1. The Hall–Kier alpha value is -1.51. The maximum Gasteiger partial charge on any atom is 0.289 e. The fourth-order valence-corrected chi connectivity index (χ4v) is 2.83. The van der Waals surface area contributed by atoms with Crippen molar-refractivity contribution in [2.45, 2.75) is 25.2 Å². The molecular formula is C11H17N3O4S. The summed E-state index contributed by atoms with van der Waals surface area (Å²) >= 11 is 0. The molecule has 0 aliphatic heterocycles. The first kappa shape index (κ1) is 15.5. The third kappa shape index (κ3) is 3.72. The van der Waals surface area contributed by atoms with Crippen LogP contribution in [0.15, 0.2) is 17.0 Å². The molecule has 0 aromatic heterocycles. The number of nitro groups is 1. The number of sulfonamides is 1. The summed E-state index contributed by atoms with van der Waals surface area (Å²) < 4.78 is 26.4. The highest BCUT2D eigenvalue weighted by atomic mass is 32.2. The summed E-state index contributed by atoms with van der Waals surface area (Å²) in [6, 6.07) is 2.59. The van der Waals surface area contributed by atoms with Gasteiger partial charge in [-0.2, -0.15) is 0 Å². The molecule has 0 spiro atoms. The second kappa shape index (κ2) is 6.09. The van der Waals surface area contributed by atoms with Crippen LogP contribution in [0.1, 0.15) is 17.5 Å². The first-order chi connectivity index (χ1) is 8.79. The molecule has 106 valence electrons. The molecule has 1 aromatic carbocycles. The highest BCUT2D eigenvalue weighted by Crippen LogP contribution is 2.27. The smallest absolute Gasteiger partial charge is 0.289 e.